The van der Waals surface area contributed by atoms with Crippen molar-refractivity contribution in [1.82, 2.24) is 0 Å². The van der Waals surface area contributed by atoms with Crippen LogP contribution in [0.15, 0.2) is 54.6 Å². The molecule has 0 atom stereocenters. The van der Waals surface area contributed by atoms with E-state index in [1.54, 1.807) is 12.2 Å². The van der Waals surface area contributed by atoms with E-state index >= 15 is 0 Å². The van der Waals surface area contributed by atoms with Crippen molar-refractivity contribution in [3.8, 4) is 0 Å². The van der Waals surface area contributed by atoms with E-state index in [1.807, 2.05) is 37.3 Å². The maximum atomic E-state index is 9.75. The molecule has 86 valence electrons. The number of carbonyl (C=O) groups is 1. The molecule has 0 aliphatic heterocycles. The zero-order chi connectivity index (χ0) is 12.2. The number of aliphatic hydroxyl groups is 1. The van der Waals surface area contributed by atoms with Gasteiger partial charge in [0.2, 0.25) is 0 Å². The van der Waals surface area contributed by atoms with Crippen LogP contribution in [0.4, 0.5) is 0 Å². The summed E-state index contributed by atoms with van der Waals surface area (Å²) in [6, 6.07) is 9.52. The summed E-state index contributed by atoms with van der Waals surface area (Å²) in [5.74, 6) is -0.914. The second kappa shape index (κ2) is 9.68. The third-order valence-electron chi connectivity index (χ3n) is 1.57. The summed E-state index contributed by atoms with van der Waals surface area (Å²) in [5.41, 5.74) is 0.965. The monoisotopic (exact) mass is 220 g/mol. The van der Waals surface area contributed by atoms with Crippen LogP contribution >= 0.6 is 0 Å². The minimum absolute atomic E-state index is 0.140. The number of rotatable bonds is 3. The Morgan fingerprint density at radius 1 is 1.25 bits per heavy atom. The summed E-state index contributed by atoms with van der Waals surface area (Å²) < 4.78 is 0. The molecule has 0 aromatic heterocycles. The number of aliphatic hydroxyl groups excluding tert-OH is 1. The van der Waals surface area contributed by atoms with Gasteiger partial charge in [-0.1, -0.05) is 48.6 Å². The molecular formula is C13H16O3. The summed E-state index contributed by atoms with van der Waals surface area (Å²) in [6.07, 6.45) is 5.98. The Labute approximate surface area is 95.4 Å². The third-order valence-corrected chi connectivity index (χ3v) is 1.57. The zero-order valence-electron chi connectivity index (χ0n) is 9.21. The quantitative estimate of drug-likeness (QED) is 0.607. The molecule has 0 radical (unpaired) electrons. The van der Waals surface area contributed by atoms with Gasteiger partial charge >= 0.3 is 5.97 Å². The Balaban J connectivity index is 0.000000281. The van der Waals surface area contributed by atoms with E-state index in [4.69, 9.17) is 10.2 Å². The molecule has 3 heteroatoms. The van der Waals surface area contributed by atoms with Gasteiger partial charge in [-0.3, -0.25) is 0 Å². The number of allylic oxidation sites excluding steroid dienone is 3. The highest BCUT2D eigenvalue weighted by Gasteiger charge is 1.81. The predicted octanol–water partition coefficient (Wildman–Crippen LogP) is 2.38. The molecule has 0 spiro atoms. The minimum atomic E-state index is -0.914. The molecular weight excluding hydrogens is 204 g/mol. The topological polar surface area (TPSA) is 57.5 Å². The number of hydrogen-bond donors (Lipinski definition) is 2. The minimum Gasteiger partial charge on any atom is -0.478 e. The fourth-order valence-electron chi connectivity index (χ4n) is 0.832. The number of hydrogen-bond acceptors (Lipinski definition) is 2. The van der Waals surface area contributed by atoms with Crippen molar-refractivity contribution >= 4 is 5.97 Å². The van der Waals surface area contributed by atoms with E-state index in [-0.39, 0.29) is 6.61 Å². The largest absolute Gasteiger partial charge is 0.478 e. The maximum Gasteiger partial charge on any atom is 0.328 e. The van der Waals surface area contributed by atoms with Crippen molar-refractivity contribution in [2.45, 2.75) is 13.5 Å². The number of carboxylic acid groups (broad SMARTS) is 1. The Kier molecular flexibility index (Phi) is 8.55. The SMILES string of the molecule is C/C=C/C=C/C(=O)O.OCc1ccccc1. The lowest BCUT2D eigenvalue weighted by Gasteiger charge is -1.89. The fourth-order valence-corrected chi connectivity index (χ4v) is 0.832. The molecule has 1 aromatic carbocycles. The normalized spacial score (nSPS) is 10.1. The lowest BCUT2D eigenvalue weighted by atomic mass is 10.2. The van der Waals surface area contributed by atoms with Crippen LogP contribution in [0.5, 0.6) is 0 Å². The van der Waals surface area contributed by atoms with Crippen LogP contribution in [-0.4, -0.2) is 16.2 Å². The molecule has 0 saturated carbocycles. The molecule has 1 aromatic rings. The van der Waals surface area contributed by atoms with Crippen LogP contribution in [0.1, 0.15) is 12.5 Å². The van der Waals surface area contributed by atoms with Crippen LogP contribution in [0.2, 0.25) is 0 Å². The van der Waals surface area contributed by atoms with Crippen molar-refractivity contribution in [2.75, 3.05) is 0 Å². The highest BCUT2D eigenvalue weighted by Crippen LogP contribution is 1.95. The highest BCUT2D eigenvalue weighted by atomic mass is 16.4. The van der Waals surface area contributed by atoms with Gasteiger partial charge in [-0.2, -0.15) is 0 Å². The van der Waals surface area contributed by atoms with Crippen molar-refractivity contribution in [2.24, 2.45) is 0 Å². The van der Waals surface area contributed by atoms with Crippen molar-refractivity contribution in [3.63, 3.8) is 0 Å². The zero-order valence-corrected chi connectivity index (χ0v) is 9.21. The van der Waals surface area contributed by atoms with Gasteiger partial charge in [0, 0.05) is 6.08 Å². The lowest BCUT2D eigenvalue weighted by molar-refractivity contribution is -0.131. The summed E-state index contributed by atoms with van der Waals surface area (Å²) >= 11 is 0. The fraction of sp³-hybridized carbons (Fsp3) is 0.154. The van der Waals surface area contributed by atoms with E-state index in [2.05, 4.69) is 0 Å². The lowest BCUT2D eigenvalue weighted by Crippen LogP contribution is -1.83. The molecule has 0 saturated heterocycles. The van der Waals surface area contributed by atoms with Crippen LogP contribution in [0.25, 0.3) is 0 Å². The number of carboxylic acids is 1. The molecule has 16 heavy (non-hydrogen) atoms. The van der Waals surface area contributed by atoms with Gasteiger partial charge in [0.1, 0.15) is 0 Å². The van der Waals surface area contributed by atoms with Crippen molar-refractivity contribution in [3.05, 3.63) is 60.2 Å². The molecule has 0 aliphatic rings. The van der Waals surface area contributed by atoms with E-state index in [0.29, 0.717) is 0 Å². The summed E-state index contributed by atoms with van der Waals surface area (Å²) in [5, 5.41) is 16.6. The smallest absolute Gasteiger partial charge is 0.328 e. The number of benzene rings is 1. The average Bonchev–Trinajstić information content (AvgIpc) is 2.31. The molecule has 2 N–H and O–H groups in total. The predicted molar refractivity (Wildman–Crippen MR) is 64.0 cm³/mol. The highest BCUT2D eigenvalue weighted by molar-refractivity contribution is 5.80. The van der Waals surface area contributed by atoms with Crippen molar-refractivity contribution < 1.29 is 15.0 Å². The molecule has 0 amide bonds. The maximum absolute atomic E-state index is 9.75. The first-order chi connectivity index (χ1) is 7.70. The molecule has 0 aliphatic carbocycles. The Bertz CT molecular complexity index is 339. The van der Waals surface area contributed by atoms with E-state index < -0.39 is 5.97 Å². The van der Waals surface area contributed by atoms with Crippen LogP contribution in [0.3, 0.4) is 0 Å². The van der Waals surface area contributed by atoms with E-state index in [1.165, 1.54) is 6.08 Å². The van der Waals surface area contributed by atoms with E-state index in [0.717, 1.165) is 11.6 Å². The Morgan fingerprint density at radius 3 is 2.25 bits per heavy atom. The molecule has 0 unspecified atom stereocenters. The Morgan fingerprint density at radius 2 is 1.88 bits per heavy atom. The number of aliphatic carboxylic acids is 1. The van der Waals surface area contributed by atoms with Gasteiger partial charge in [0.15, 0.2) is 0 Å². The van der Waals surface area contributed by atoms with Crippen LogP contribution < -0.4 is 0 Å². The van der Waals surface area contributed by atoms with Crippen molar-refractivity contribution in [1.29, 1.82) is 0 Å². The van der Waals surface area contributed by atoms with E-state index in [9.17, 15) is 4.79 Å². The van der Waals surface area contributed by atoms with Gasteiger partial charge in [0.25, 0.3) is 0 Å². The second-order valence-corrected chi connectivity index (χ2v) is 2.87. The second-order valence-electron chi connectivity index (χ2n) is 2.87. The van der Waals surface area contributed by atoms with Gasteiger partial charge in [0.05, 0.1) is 6.61 Å². The molecule has 0 bridgehead atoms. The summed E-state index contributed by atoms with van der Waals surface area (Å²) in [6.45, 7) is 1.97. The summed E-state index contributed by atoms with van der Waals surface area (Å²) in [7, 11) is 0. The molecule has 0 fully saturated rings. The first kappa shape index (κ1) is 14.1. The standard InChI is InChI=1S/C7H8O.C6H8O2/c8-6-7-4-2-1-3-5-7;1-2-3-4-5-6(7)8/h1-5,8H,6H2;2-5H,1H3,(H,7,8)/b;3-2+,5-4+. The van der Waals surface area contributed by atoms with Gasteiger partial charge < -0.3 is 10.2 Å². The van der Waals surface area contributed by atoms with Gasteiger partial charge in [-0.05, 0) is 12.5 Å². The molecule has 3 nitrogen and oxygen atoms in total. The summed E-state index contributed by atoms with van der Waals surface area (Å²) in [4.78, 5) is 9.75. The first-order valence-corrected chi connectivity index (χ1v) is 4.87. The first-order valence-electron chi connectivity index (χ1n) is 4.87. The average molecular weight is 220 g/mol. The third kappa shape index (κ3) is 8.72. The van der Waals surface area contributed by atoms with Crippen LogP contribution in [0, 0.1) is 0 Å². The molecule has 1 rings (SSSR count). The Hall–Kier alpha value is -1.87. The van der Waals surface area contributed by atoms with Gasteiger partial charge in [-0.25, -0.2) is 4.79 Å². The molecule has 0 heterocycles. The van der Waals surface area contributed by atoms with Crippen LogP contribution in [-0.2, 0) is 11.4 Å². The van der Waals surface area contributed by atoms with Gasteiger partial charge in [-0.15, -0.1) is 0 Å².